The van der Waals surface area contributed by atoms with Crippen LogP contribution in [-0.2, 0) is 27.2 Å². The summed E-state index contributed by atoms with van der Waals surface area (Å²) in [6, 6.07) is 21.7. The lowest BCUT2D eigenvalue weighted by Gasteiger charge is -2.42. The van der Waals surface area contributed by atoms with Gasteiger partial charge in [0, 0.05) is 11.3 Å². The van der Waals surface area contributed by atoms with Crippen LogP contribution in [0.25, 0.3) is 0 Å². The van der Waals surface area contributed by atoms with Crippen LogP contribution in [0, 0.1) is 75.9 Å². The lowest BCUT2D eigenvalue weighted by molar-refractivity contribution is -0.162. The van der Waals surface area contributed by atoms with Crippen LogP contribution in [0.5, 0.6) is 0 Å². The van der Waals surface area contributed by atoms with Crippen molar-refractivity contribution >= 4 is 11.8 Å². The molecule has 0 radical (unpaired) electrons. The molecule has 3 nitrogen and oxygen atoms in total. The lowest BCUT2D eigenvalue weighted by atomic mass is 9.60. The van der Waals surface area contributed by atoms with Crippen molar-refractivity contribution in [2.75, 3.05) is 7.11 Å². The Hall–Kier alpha value is -2.42. The van der Waals surface area contributed by atoms with Crippen LogP contribution < -0.4 is 0 Å². The molecule has 7 saturated carbocycles. The molecule has 0 heterocycles. The number of benzene rings is 2. The van der Waals surface area contributed by atoms with Gasteiger partial charge in [0.05, 0.1) is 12.5 Å². The predicted octanol–water partition coefficient (Wildman–Crippen LogP) is 6.01. The van der Waals surface area contributed by atoms with Crippen LogP contribution in [0.3, 0.4) is 0 Å². The van der Waals surface area contributed by atoms with E-state index in [4.69, 9.17) is 4.74 Å². The van der Waals surface area contributed by atoms with Gasteiger partial charge in [-0.2, -0.15) is 0 Å². The lowest BCUT2D eigenvalue weighted by Crippen LogP contribution is -2.48. The first-order chi connectivity index (χ1) is 18.6. The van der Waals surface area contributed by atoms with Gasteiger partial charge in [-0.15, -0.1) is 0 Å². The highest BCUT2D eigenvalue weighted by Gasteiger charge is 2.89. The molecule has 7 fully saturated rings. The molecule has 196 valence electrons. The van der Waals surface area contributed by atoms with Crippen molar-refractivity contribution in [1.29, 1.82) is 0 Å². The van der Waals surface area contributed by atoms with E-state index in [1.54, 1.807) is 7.11 Å². The van der Waals surface area contributed by atoms with Crippen molar-refractivity contribution in [2.24, 2.45) is 75.9 Å². The monoisotopic (exact) mass is 506 g/mol. The molecule has 38 heavy (non-hydrogen) atoms. The Balaban J connectivity index is 1.28. The minimum atomic E-state index is -0.431. The van der Waals surface area contributed by atoms with Crippen molar-refractivity contribution in [3.8, 4) is 0 Å². The van der Waals surface area contributed by atoms with Crippen LogP contribution >= 0.6 is 0 Å². The minimum Gasteiger partial charge on any atom is -0.469 e. The number of ether oxygens (including phenoxy) is 1. The number of methoxy groups -OCH3 is 1. The summed E-state index contributed by atoms with van der Waals surface area (Å²) in [6.45, 7) is 0. The van der Waals surface area contributed by atoms with E-state index in [1.807, 2.05) is 0 Å². The number of Topliss-reactive ketones (excluding diaryl/α,β-unsaturated/α-hetero) is 1. The van der Waals surface area contributed by atoms with Crippen LogP contribution in [0.15, 0.2) is 60.7 Å². The van der Waals surface area contributed by atoms with E-state index in [9.17, 15) is 9.59 Å². The van der Waals surface area contributed by atoms with Crippen LogP contribution in [0.4, 0.5) is 0 Å². The Morgan fingerprint density at radius 2 is 1.34 bits per heavy atom. The summed E-state index contributed by atoms with van der Waals surface area (Å²) in [4.78, 5) is 29.1. The number of ketones is 1. The fraction of sp³-hybridized carbons (Fsp3) is 0.600. The zero-order valence-electron chi connectivity index (χ0n) is 22.3. The number of fused-ring (bicyclic) bond motifs is 5. The highest BCUT2D eigenvalue weighted by molar-refractivity contribution is 5.93. The average molecular weight is 507 g/mol. The van der Waals surface area contributed by atoms with Gasteiger partial charge in [-0.25, -0.2) is 0 Å². The van der Waals surface area contributed by atoms with Gasteiger partial charge in [0.1, 0.15) is 5.78 Å². The normalized spacial score (nSPS) is 50.0. The number of carbonyl (C=O) groups excluding carboxylic acids is 2. The van der Waals surface area contributed by atoms with Crippen molar-refractivity contribution < 1.29 is 14.3 Å². The van der Waals surface area contributed by atoms with E-state index in [1.165, 1.54) is 30.4 Å². The highest BCUT2D eigenvalue weighted by Crippen LogP contribution is 2.88. The maximum Gasteiger partial charge on any atom is 0.312 e. The summed E-state index contributed by atoms with van der Waals surface area (Å²) < 4.78 is 5.85. The summed E-state index contributed by atoms with van der Waals surface area (Å²) in [5, 5.41) is 0. The molecule has 9 rings (SSSR count). The topological polar surface area (TPSA) is 43.4 Å². The van der Waals surface area contributed by atoms with Crippen LogP contribution in [0.1, 0.15) is 43.2 Å². The molecule has 0 unspecified atom stereocenters. The Morgan fingerprint density at radius 1 is 0.737 bits per heavy atom. The minimum absolute atomic E-state index is 0.0699. The van der Waals surface area contributed by atoms with Gasteiger partial charge in [-0.05, 0) is 109 Å². The van der Waals surface area contributed by atoms with Gasteiger partial charge < -0.3 is 4.74 Å². The standard InChI is InChI=1S/C35H38O3/c1-38-33(37)35(18-20-11-6-3-7-12-20)29-22-14-8-13-21(22)28-26(29)27-30(35)23-15-16-24-25(23)31(27)34(28,32(24)36)17-19-9-4-2-5-10-19/h2-7,9-12,21-31H,8,13-18H2,1H3/t21-,22+,23-,24-,25-,26-,27-,28+,29+,30-,31-,34-,35+/m0/s1. The van der Waals surface area contributed by atoms with Crippen LogP contribution in [-0.4, -0.2) is 18.9 Å². The second kappa shape index (κ2) is 7.40. The molecule has 3 heteroatoms. The molecule has 0 N–H and O–H groups in total. The van der Waals surface area contributed by atoms with E-state index < -0.39 is 5.41 Å². The number of hydrogen-bond acceptors (Lipinski definition) is 3. The van der Waals surface area contributed by atoms with Crippen molar-refractivity contribution in [3.63, 3.8) is 0 Å². The van der Waals surface area contributed by atoms with E-state index in [0.717, 1.165) is 25.7 Å². The molecule has 7 aliphatic rings. The summed E-state index contributed by atoms with van der Waals surface area (Å²) in [6.07, 6.45) is 7.66. The third-order valence-electron chi connectivity index (χ3n) is 13.7. The summed E-state index contributed by atoms with van der Waals surface area (Å²) >= 11 is 0. The molecular weight excluding hydrogens is 468 g/mol. The number of esters is 1. The number of hydrogen-bond donors (Lipinski definition) is 0. The largest absolute Gasteiger partial charge is 0.469 e. The molecule has 0 saturated heterocycles. The third-order valence-corrected chi connectivity index (χ3v) is 13.7. The van der Waals surface area contributed by atoms with Gasteiger partial charge in [-0.1, -0.05) is 67.1 Å². The SMILES string of the molecule is COC(=O)[C@]1(Cc2ccccc2)[C@@H]2[C@@H]3CCC[C@@H]3[C@@H]3[C@@H]2[C@@H]2[C@@H]4[C@H]5[C@H](CC[C@@H]5C(=O)[C@]43Cc3ccccc3)[C@@H]21. The molecule has 2 aromatic rings. The molecule has 0 bridgehead atoms. The zero-order valence-corrected chi connectivity index (χ0v) is 22.3. The molecule has 13 atom stereocenters. The smallest absolute Gasteiger partial charge is 0.312 e. The zero-order chi connectivity index (χ0) is 25.4. The van der Waals surface area contributed by atoms with Gasteiger partial charge in [-0.3, -0.25) is 9.59 Å². The maximum absolute atomic E-state index is 14.8. The van der Waals surface area contributed by atoms with Crippen LogP contribution in [0.2, 0.25) is 0 Å². The fourth-order valence-electron chi connectivity index (χ4n) is 13.7. The fourth-order valence-corrected chi connectivity index (χ4v) is 13.7. The first kappa shape index (κ1) is 22.4. The van der Waals surface area contributed by atoms with Gasteiger partial charge in [0.15, 0.2) is 0 Å². The van der Waals surface area contributed by atoms with Gasteiger partial charge >= 0.3 is 5.97 Å². The van der Waals surface area contributed by atoms with Crippen molar-refractivity contribution in [2.45, 2.75) is 44.9 Å². The Morgan fingerprint density at radius 3 is 2.03 bits per heavy atom. The highest BCUT2D eigenvalue weighted by atomic mass is 16.5. The molecule has 0 amide bonds. The average Bonchev–Trinajstić information content (AvgIpc) is 3.75. The molecular formula is C35H38O3. The summed E-state index contributed by atoms with van der Waals surface area (Å²) in [5.41, 5.74) is 2.01. The Labute approximate surface area is 225 Å². The first-order valence-corrected chi connectivity index (χ1v) is 15.3. The summed E-state index contributed by atoms with van der Waals surface area (Å²) in [7, 11) is 1.64. The van der Waals surface area contributed by atoms with Crippen molar-refractivity contribution in [3.05, 3.63) is 71.8 Å². The first-order valence-electron chi connectivity index (χ1n) is 15.3. The van der Waals surface area contributed by atoms with E-state index >= 15 is 0 Å². The molecule has 0 aromatic heterocycles. The molecule has 0 spiro atoms. The van der Waals surface area contributed by atoms with E-state index in [2.05, 4.69) is 60.7 Å². The molecule has 2 aromatic carbocycles. The van der Waals surface area contributed by atoms with Gasteiger partial charge in [0.25, 0.3) is 0 Å². The Bertz CT molecular complexity index is 1310. The third kappa shape index (κ3) is 2.30. The quantitative estimate of drug-likeness (QED) is 0.467. The Kier molecular flexibility index (Phi) is 4.36. The number of rotatable bonds is 5. The molecule has 7 aliphatic carbocycles. The van der Waals surface area contributed by atoms with Crippen molar-refractivity contribution in [1.82, 2.24) is 0 Å². The van der Waals surface area contributed by atoms with E-state index in [0.29, 0.717) is 65.0 Å². The predicted molar refractivity (Wildman–Crippen MR) is 144 cm³/mol. The second-order valence-corrected chi connectivity index (χ2v) is 14.2. The van der Waals surface area contributed by atoms with Gasteiger partial charge in [0.2, 0.25) is 0 Å². The van der Waals surface area contributed by atoms with E-state index in [-0.39, 0.29) is 17.3 Å². The maximum atomic E-state index is 14.8. The summed E-state index contributed by atoms with van der Waals surface area (Å²) in [5.74, 6) is 5.82. The second-order valence-electron chi connectivity index (χ2n) is 14.2. The molecule has 0 aliphatic heterocycles. The number of carbonyl (C=O) groups is 2.